The molecule has 0 radical (unpaired) electrons. The molecule has 0 unspecified atom stereocenters. The summed E-state index contributed by atoms with van der Waals surface area (Å²) < 4.78 is 16.5. The first kappa shape index (κ1) is 18.7. The molecule has 0 atom stereocenters. The molecule has 0 spiro atoms. The molecule has 3 rings (SSSR count). The summed E-state index contributed by atoms with van der Waals surface area (Å²) >= 11 is 5.92. The summed E-state index contributed by atoms with van der Waals surface area (Å²) in [6.07, 6.45) is 0. The van der Waals surface area contributed by atoms with Crippen LogP contribution in [0.1, 0.15) is 23.0 Å². The van der Waals surface area contributed by atoms with Crippen molar-refractivity contribution in [2.24, 2.45) is 0 Å². The van der Waals surface area contributed by atoms with Crippen LogP contribution < -0.4 is 9.47 Å². The standard InChI is InChI=1S/C19H18ClN3O4/c1-3-26-19(24)17-16(21-23-22-17)14-5-4-6-15(25-2)18(14)27-11-12-7-9-13(20)10-8-12/h4-10H,3,11H2,1-2H3,(H,21,22,23). The highest BCUT2D eigenvalue weighted by Crippen LogP contribution is 2.38. The summed E-state index contributed by atoms with van der Waals surface area (Å²) in [4.78, 5) is 12.1. The molecule has 0 fully saturated rings. The van der Waals surface area contributed by atoms with E-state index < -0.39 is 5.97 Å². The zero-order valence-electron chi connectivity index (χ0n) is 14.9. The molecule has 2 aromatic carbocycles. The molecular formula is C19H18ClN3O4. The molecule has 1 heterocycles. The van der Waals surface area contributed by atoms with Gasteiger partial charge in [0.15, 0.2) is 17.2 Å². The van der Waals surface area contributed by atoms with E-state index in [4.69, 9.17) is 25.8 Å². The largest absolute Gasteiger partial charge is 0.493 e. The fourth-order valence-electron chi connectivity index (χ4n) is 2.51. The van der Waals surface area contributed by atoms with Crippen LogP contribution >= 0.6 is 11.6 Å². The van der Waals surface area contributed by atoms with Gasteiger partial charge in [-0.05, 0) is 36.8 Å². The summed E-state index contributed by atoms with van der Waals surface area (Å²) in [6, 6.07) is 12.7. The lowest BCUT2D eigenvalue weighted by molar-refractivity contribution is 0.0520. The van der Waals surface area contributed by atoms with Crippen LogP contribution in [0.5, 0.6) is 11.5 Å². The van der Waals surface area contributed by atoms with E-state index in [-0.39, 0.29) is 18.9 Å². The Hall–Kier alpha value is -3.06. The second-order valence-electron chi connectivity index (χ2n) is 5.49. The molecule has 140 valence electrons. The Labute approximate surface area is 161 Å². The Morgan fingerprint density at radius 1 is 1.15 bits per heavy atom. The van der Waals surface area contributed by atoms with Crippen LogP contribution in [0.25, 0.3) is 11.3 Å². The van der Waals surface area contributed by atoms with Crippen molar-refractivity contribution in [3.8, 4) is 22.8 Å². The van der Waals surface area contributed by atoms with Gasteiger partial charge in [0, 0.05) is 5.02 Å². The fraction of sp³-hybridized carbons (Fsp3) is 0.211. The molecule has 27 heavy (non-hydrogen) atoms. The first-order chi connectivity index (χ1) is 13.1. The third kappa shape index (κ3) is 4.20. The van der Waals surface area contributed by atoms with Crippen molar-refractivity contribution >= 4 is 17.6 Å². The predicted octanol–water partition coefficient (Wildman–Crippen LogP) is 3.89. The molecule has 0 aliphatic carbocycles. The second kappa shape index (κ2) is 8.55. The number of halogens is 1. The van der Waals surface area contributed by atoms with Crippen LogP contribution in [0, 0.1) is 0 Å². The molecule has 0 amide bonds. The van der Waals surface area contributed by atoms with Gasteiger partial charge in [0.05, 0.1) is 19.3 Å². The molecule has 8 heteroatoms. The first-order valence-electron chi connectivity index (χ1n) is 8.26. The van der Waals surface area contributed by atoms with Crippen LogP contribution in [-0.2, 0) is 11.3 Å². The van der Waals surface area contributed by atoms with E-state index in [0.29, 0.717) is 27.8 Å². The highest BCUT2D eigenvalue weighted by Gasteiger charge is 2.23. The topological polar surface area (TPSA) is 86.3 Å². The molecule has 1 N–H and O–H groups in total. The van der Waals surface area contributed by atoms with Gasteiger partial charge in [0.1, 0.15) is 12.3 Å². The molecule has 0 saturated carbocycles. The summed E-state index contributed by atoms with van der Waals surface area (Å²) in [7, 11) is 1.54. The Morgan fingerprint density at radius 3 is 2.63 bits per heavy atom. The van der Waals surface area contributed by atoms with Crippen LogP contribution in [0.3, 0.4) is 0 Å². The summed E-state index contributed by atoms with van der Waals surface area (Å²) in [5.74, 6) is 0.404. The number of rotatable bonds is 7. The van der Waals surface area contributed by atoms with E-state index in [1.165, 1.54) is 0 Å². The molecule has 0 saturated heterocycles. The second-order valence-corrected chi connectivity index (χ2v) is 5.93. The number of nitrogens with one attached hydrogen (secondary N) is 1. The van der Waals surface area contributed by atoms with E-state index in [1.54, 1.807) is 44.4 Å². The van der Waals surface area contributed by atoms with Crippen molar-refractivity contribution < 1.29 is 19.0 Å². The zero-order valence-corrected chi connectivity index (χ0v) is 15.6. The quantitative estimate of drug-likeness (QED) is 0.619. The van der Waals surface area contributed by atoms with E-state index in [1.807, 2.05) is 12.1 Å². The molecule has 0 aliphatic rings. The van der Waals surface area contributed by atoms with Crippen molar-refractivity contribution in [2.75, 3.05) is 13.7 Å². The fourth-order valence-corrected chi connectivity index (χ4v) is 2.63. The maximum Gasteiger partial charge on any atom is 0.361 e. The number of methoxy groups -OCH3 is 1. The summed E-state index contributed by atoms with van der Waals surface area (Å²) in [6.45, 7) is 2.25. The minimum atomic E-state index is -0.562. The first-order valence-corrected chi connectivity index (χ1v) is 8.64. The Balaban J connectivity index is 1.96. The summed E-state index contributed by atoms with van der Waals surface area (Å²) in [5, 5.41) is 11.1. The van der Waals surface area contributed by atoms with Gasteiger partial charge in [-0.3, -0.25) is 0 Å². The summed E-state index contributed by atoms with van der Waals surface area (Å²) in [5.41, 5.74) is 1.92. The number of benzene rings is 2. The Bertz CT molecular complexity index is 925. The number of ether oxygens (including phenoxy) is 3. The van der Waals surface area contributed by atoms with E-state index >= 15 is 0 Å². The highest BCUT2D eigenvalue weighted by molar-refractivity contribution is 6.30. The van der Waals surface area contributed by atoms with Crippen molar-refractivity contribution in [3.63, 3.8) is 0 Å². The number of hydrogen-bond acceptors (Lipinski definition) is 6. The predicted molar refractivity (Wildman–Crippen MR) is 100 cm³/mol. The van der Waals surface area contributed by atoms with Gasteiger partial charge in [0.25, 0.3) is 0 Å². The molecule has 3 aromatic rings. The van der Waals surface area contributed by atoms with Crippen molar-refractivity contribution in [1.82, 2.24) is 15.4 Å². The molecule has 0 aliphatic heterocycles. The number of H-pyrrole nitrogens is 1. The van der Waals surface area contributed by atoms with Crippen LogP contribution in [0.4, 0.5) is 0 Å². The van der Waals surface area contributed by atoms with Gasteiger partial charge in [0.2, 0.25) is 0 Å². The zero-order chi connectivity index (χ0) is 19.2. The Kier molecular flexibility index (Phi) is 5.93. The van der Waals surface area contributed by atoms with Crippen molar-refractivity contribution in [3.05, 3.63) is 58.7 Å². The van der Waals surface area contributed by atoms with Crippen molar-refractivity contribution in [2.45, 2.75) is 13.5 Å². The third-order valence-corrected chi connectivity index (χ3v) is 4.02. The van der Waals surface area contributed by atoms with Crippen LogP contribution in [0.2, 0.25) is 5.02 Å². The normalized spacial score (nSPS) is 10.5. The van der Waals surface area contributed by atoms with E-state index in [2.05, 4.69) is 15.4 Å². The third-order valence-electron chi connectivity index (χ3n) is 3.77. The van der Waals surface area contributed by atoms with E-state index in [9.17, 15) is 4.79 Å². The SMILES string of the molecule is CCOC(=O)c1n[nH]nc1-c1cccc(OC)c1OCc1ccc(Cl)cc1. The Morgan fingerprint density at radius 2 is 1.93 bits per heavy atom. The van der Waals surface area contributed by atoms with Gasteiger partial charge in [-0.25, -0.2) is 4.79 Å². The number of aromatic amines is 1. The lowest BCUT2D eigenvalue weighted by Gasteiger charge is -2.14. The van der Waals surface area contributed by atoms with Gasteiger partial charge < -0.3 is 14.2 Å². The number of carbonyl (C=O) groups excluding carboxylic acids is 1. The number of nitrogens with zero attached hydrogens (tertiary/aromatic N) is 2. The average Bonchev–Trinajstić information content (AvgIpc) is 3.17. The smallest absolute Gasteiger partial charge is 0.361 e. The number of esters is 1. The number of para-hydroxylation sites is 1. The van der Waals surface area contributed by atoms with Crippen LogP contribution in [-0.4, -0.2) is 35.1 Å². The monoisotopic (exact) mass is 387 g/mol. The van der Waals surface area contributed by atoms with E-state index in [0.717, 1.165) is 5.56 Å². The molecule has 0 bridgehead atoms. The van der Waals surface area contributed by atoms with Crippen molar-refractivity contribution in [1.29, 1.82) is 0 Å². The minimum Gasteiger partial charge on any atom is -0.493 e. The average molecular weight is 388 g/mol. The van der Waals surface area contributed by atoms with Gasteiger partial charge in [-0.1, -0.05) is 29.8 Å². The lowest BCUT2D eigenvalue weighted by Crippen LogP contribution is -2.07. The highest BCUT2D eigenvalue weighted by atomic mass is 35.5. The van der Waals surface area contributed by atoms with Gasteiger partial charge in [-0.2, -0.15) is 10.3 Å². The van der Waals surface area contributed by atoms with Crippen LogP contribution in [0.15, 0.2) is 42.5 Å². The maximum atomic E-state index is 12.1. The van der Waals surface area contributed by atoms with Gasteiger partial charge >= 0.3 is 5.97 Å². The molecule has 1 aromatic heterocycles. The van der Waals surface area contributed by atoms with Gasteiger partial charge in [-0.15, -0.1) is 5.10 Å². The minimum absolute atomic E-state index is 0.0847. The molecular weight excluding hydrogens is 370 g/mol. The number of carbonyl (C=O) groups is 1. The number of aromatic nitrogens is 3. The lowest BCUT2D eigenvalue weighted by atomic mass is 10.1. The number of hydrogen-bond donors (Lipinski definition) is 1. The maximum absolute atomic E-state index is 12.1. The molecule has 7 nitrogen and oxygen atoms in total.